The molecule has 0 atom stereocenters. The lowest BCUT2D eigenvalue weighted by atomic mass is 10.1. The maximum atomic E-state index is 12.6. The van der Waals surface area contributed by atoms with Gasteiger partial charge in [0.25, 0.3) is 11.8 Å². The molecule has 27 heavy (non-hydrogen) atoms. The summed E-state index contributed by atoms with van der Waals surface area (Å²) in [5, 5.41) is 2.76. The van der Waals surface area contributed by atoms with Crippen LogP contribution < -0.4 is 14.8 Å². The van der Waals surface area contributed by atoms with Gasteiger partial charge in [-0.15, -0.1) is 0 Å². The number of amides is 2. The molecule has 1 N–H and O–H groups in total. The predicted octanol–water partition coefficient (Wildman–Crippen LogP) is 3.50. The topological polar surface area (TPSA) is 67.9 Å². The molecule has 6 nitrogen and oxygen atoms in total. The Morgan fingerprint density at radius 2 is 1.74 bits per heavy atom. The van der Waals surface area contributed by atoms with Gasteiger partial charge in [0.1, 0.15) is 0 Å². The highest BCUT2D eigenvalue weighted by atomic mass is 16.5. The summed E-state index contributed by atoms with van der Waals surface area (Å²) in [6.07, 6.45) is 0. The first kappa shape index (κ1) is 20.3. The highest BCUT2D eigenvalue weighted by Gasteiger charge is 2.17. The van der Waals surface area contributed by atoms with Crippen molar-refractivity contribution in [2.24, 2.45) is 0 Å². The second-order valence-electron chi connectivity index (χ2n) is 6.01. The highest BCUT2D eigenvalue weighted by molar-refractivity contribution is 6.04. The SMILES string of the molecule is CCN(CC)C(=O)c1ccccc1NC(=O)COc1ccc(C)cc1OC. The Labute approximate surface area is 160 Å². The molecule has 144 valence electrons. The minimum atomic E-state index is -0.350. The molecular weight excluding hydrogens is 344 g/mol. The first-order valence-electron chi connectivity index (χ1n) is 8.95. The van der Waals surface area contributed by atoms with Crippen LogP contribution in [0.4, 0.5) is 5.69 Å². The van der Waals surface area contributed by atoms with Gasteiger partial charge < -0.3 is 19.7 Å². The molecule has 0 unspecified atom stereocenters. The first-order chi connectivity index (χ1) is 13.0. The van der Waals surface area contributed by atoms with Crippen LogP contribution in [0.2, 0.25) is 0 Å². The third-order valence-corrected chi connectivity index (χ3v) is 4.16. The molecule has 0 aromatic heterocycles. The van der Waals surface area contributed by atoms with Gasteiger partial charge in [-0.25, -0.2) is 0 Å². The van der Waals surface area contributed by atoms with Gasteiger partial charge in [-0.1, -0.05) is 18.2 Å². The number of anilines is 1. The third kappa shape index (κ3) is 5.23. The van der Waals surface area contributed by atoms with E-state index in [4.69, 9.17) is 9.47 Å². The number of ether oxygens (including phenoxy) is 2. The van der Waals surface area contributed by atoms with E-state index in [1.54, 1.807) is 42.3 Å². The molecule has 0 spiro atoms. The van der Waals surface area contributed by atoms with E-state index >= 15 is 0 Å². The fourth-order valence-electron chi connectivity index (χ4n) is 2.68. The fraction of sp³-hybridized carbons (Fsp3) is 0.333. The largest absolute Gasteiger partial charge is 0.493 e. The predicted molar refractivity (Wildman–Crippen MR) is 106 cm³/mol. The molecule has 2 rings (SSSR count). The number of carbonyl (C=O) groups is 2. The Balaban J connectivity index is 2.07. The molecule has 0 saturated heterocycles. The summed E-state index contributed by atoms with van der Waals surface area (Å²) in [5.74, 6) is 0.597. The average Bonchev–Trinajstić information content (AvgIpc) is 2.68. The van der Waals surface area contributed by atoms with E-state index in [1.807, 2.05) is 32.9 Å². The van der Waals surface area contributed by atoms with Crippen LogP contribution in [0.1, 0.15) is 29.8 Å². The Hall–Kier alpha value is -3.02. The molecular formula is C21H26N2O4. The van der Waals surface area contributed by atoms with Crippen LogP contribution in [0.5, 0.6) is 11.5 Å². The van der Waals surface area contributed by atoms with E-state index in [9.17, 15) is 9.59 Å². The Morgan fingerprint density at radius 1 is 1.04 bits per heavy atom. The second-order valence-corrected chi connectivity index (χ2v) is 6.01. The summed E-state index contributed by atoms with van der Waals surface area (Å²) in [7, 11) is 1.55. The van der Waals surface area contributed by atoms with Crippen LogP contribution in [0, 0.1) is 6.92 Å². The van der Waals surface area contributed by atoms with Crippen molar-refractivity contribution >= 4 is 17.5 Å². The molecule has 2 aromatic rings. The van der Waals surface area contributed by atoms with E-state index in [1.165, 1.54) is 0 Å². The van der Waals surface area contributed by atoms with Crippen molar-refractivity contribution in [3.8, 4) is 11.5 Å². The number of nitrogens with zero attached hydrogens (tertiary/aromatic N) is 1. The smallest absolute Gasteiger partial charge is 0.262 e. The molecule has 0 aliphatic heterocycles. The number of rotatable bonds is 8. The summed E-state index contributed by atoms with van der Waals surface area (Å²) in [6.45, 7) is 6.81. The van der Waals surface area contributed by atoms with Gasteiger partial charge in [0, 0.05) is 13.1 Å². The van der Waals surface area contributed by atoms with E-state index in [0.717, 1.165) is 5.56 Å². The fourth-order valence-corrected chi connectivity index (χ4v) is 2.68. The lowest BCUT2D eigenvalue weighted by Crippen LogP contribution is -2.31. The van der Waals surface area contributed by atoms with Crippen molar-refractivity contribution in [1.29, 1.82) is 0 Å². The number of benzene rings is 2. The summed E-state index contributed by atoms with van der Waals surface area (Å²) >= 11 is 0. The van der Waals surface area contributed by atoms with E-state index in [2.05, 4.69) is 5.32 Å². The highest BCUT2D eigenvalue weighted by Crippen LogP contribution is 2.27. The van der Waals surface area contributed by atoms with Crippen molar-refractivity contribution in [1.82, 2.24) is 4.90 Å². The lowest BCUT2D eigenvalue weighted by molar-refractivity contribution is -0.118. The zero-order valence-electron chi connectivity index (χ0n) is 16.2. The number of para-hydroxylation sites is 1. The van der Waals surface area contributed by atoms with Crippen LogP contribution in [-0.4, -0.2) is 43.5 Å². The summed E-state index contributed by atoms with van der Waals surface area (Å²) < 4.78 is 10.8. The van der Waals surface area contributed by atoms with Crippen LogP contribution in [0.15, 0.2) is 42.5 Å². The van der Waals surface area contributed by atoms with Crippen LogP contribution in [-0.2, 0) is 4.79 Å². The van der Waals surface area contributed by atoms with Gasteiger partial charge in [-0.3, -0.25) is 9.59 Å². The molecule has 0 radical (unpaired) electrons. The third-order valence-electron chi connectivity index (χ3n) is 4.16. The van der Waals surface area contributed by atoms with Crippen molar-refractivity contribution in [3.63, 3.8) is 0 Å². The molecule has 2 aromatic carbocycles. The quantitative estimate of drug-likeness (QED) is 0.772. The van der Waals surface area contributed by atoms with Gasteiger partial charge in [-0.2, -0.15) is 0 Å². The van der Waals surface area contributed by atoms with Gasteiger partial charge in [-0.05, 0) is 50.6 Å². The van der Waals surface area contributed by atoms with Crippen molar-refractivity contribution in [2.45, 2.75) is 20.8 Å². The van der Waals surface area contributed by atoms with Crippen molar-refractivity contribution < 1.29 is 19.1 Å². The standard InChI is InChI=1S/C21H26N2O4/c1-5-23(6-2)21(25)16-9-7-8-10-17(16)22-20(24)14-27-18-12-11-15(3)13-19(18)26-4/h7-13H,5-6,14H2,1-4H3,(H,22,24). The van der Waals surface area contributed by atoms with Crippen LogP contribution >= 0.6 is 0 Å². The molecule has 0 aliphatic carbocycles. The molecule has 0 fully saturated rings. The zero-order chi connectivity index (χ0) is 19.8. The molecule has 0 aliphatic rings. The molecule has 2 amide bonds. The number of carbonyl (C=O) groups excluding carboxylic acids is 2. The number of nitrogens with one attached hydrogen (secondary N) is 1. The molecule has 0 saturated carbocycles. The Bertz CT molecular complexity index is 801. The van der Waals surface area contributed by atoms with Gasteiger partial charge in [0.2, 0.25) is 0 Å². The number of aryl methyl sites for hydroxylation is 1. The van der Waals surface area contributed by atoms with Gasteiger partial charge in [0.05, 0.1) is 18.4 Å². The van der Waals surface area contributed by atoms with E-state index in [0.29, 0.717) is 35.8 Å². The van der Waals surface area contributed by atoms with Crippen LogP contribution in [0.25, 0.3) is 0 Å². The minimum Gasteiger partial charge on any atom is -0.493 e. The average molecular weight is 370 g/mol. The number of hydrogen-bond acceptors (Lipinski definition) is 4. The number of methoxy groups -OCH3 is 1. The zero-order valence-corrected chi connectivity index (χ0v) is 16.2. The Kier molecular flexibility index (Phi) is 7.23. The van der Waals surface area contributed by atoms with Gasteiger partial charge in [0.15, 0.2) is 18.1 Å². The summed E-state index contributed by atoms with van der Waals surface area (Å²) in [5.41, 5.74) is 1.97. The monoisotopic (exact) mass is 370 g/mol. The maximum absolute atomic E-state index is 12.6. The van der Waals surface area contributed by atoms with Crippen molar-refractivity contribution in [2.75, 3.05) is 32.1 Å². The summed E-state index contributed by atoms with van der Waals surface area (Å²) in [6, 6.07) is 12.5. The lowest BCUT2D eigenvalue weighted by Gasteiger charge is -2.20. The maximum Gasteiger partial charge on any atom is 0.262 e. The number of hydrogen-bond donors (Lipinski definition) is 1. The molecule has 0 bridgehead atoms. The molecule has 6 heteroatoms. The Morgan fingerprint density at radius 3 is 2.41 bits per heavy atom. The minimum absolute atomic E-state index is 0.114. The summed E-state index contributed by atoms with van der Waals surface area (Å²) in [4.78, 5) is 26.7. The normalized spacial score (nSPS) is 10.2. The first-order valence-corrected chi connectivity index (χ1v) is 8.95. The van der Waals surface area contributed by atoms with E-state index < -0.39 is 0 Å². The second kappa shape index (κ2) is 9.62. The van der Waals surface area contributed by atoms with E-state index in [-0.39, 0.29) is 18.4 Å². The van der Waals surface area contributed by atoms with Crippen LogP contribution in [0.3, 0.4) is 0 Å². The van der Waals surface area contributed by atoms with Gasteiger partial charge >= 0.3 is 0 Å². The van der Waals surface area contributed by atoms with Crippen molar-refractivity contribution in [3.05, 3.63) is 53.6 Å². The molecule has 0 heterocycles.